The third-order valence-corrected chi connectivity index (χ3v) is 4.41. The van der Waals surface area contributed by atoms with Crippen LogP contribution in [0.3, 0.4) is 0 Å². The standard InChI is InChI=1S/C20H22BNO7/c1-26-15-7-8-17(27-2)13(9-15)10-19(23)22-20(29-21(24)25)11-14-12-28-18-6-4-3-5-16(14)18/h3-9,12,20,24-25H,10-11H2,1-2H3,(H,22,23)/t20-/m1/s1. The van der Waals surface area contributed by atoms with Crippen LogP contribution in [0.15, 0.2) is 53.1 Å². The van der Waals surface area contributed by atoms with Gasteiger partial charge in [0.25, 0.3) is 0 Å². The number of methoxy groups -OCH3 is 2. The lowest BCUT2D eigenvalue weighted by molar-refractivity contribution is -0.123. The van der Waals surface area contributed by atoms with E-state index in [0.717, 1.165) is 10.9 Å². The van der Waals surface area contributed by atoms with Gasteiger partial charge < -0.3 is 33.9 Å². The van der Waals surface area contributed by atoms with Crippen LogP contribution in [0, 0.1) is 0 Å². The minimum Gasteiger partial charge on any atom is -0.497 e. The Morgan fingerprint density at radius 2 is 1.93 bits per heavy atom. The molecule has 3 aromatic rings. The van der Waals surface area contributed by atoms with E-state index in [1.807, 2.05) is 24.3 Å². The molecule has 152 valence electrons. The number of hydrogen-bond donors (Lipinski definition) is 3. The van der Waals surface area contributed by atoms with Crippen LogP contribution in [0.5, 0.6) is 11.5 Å². The molecule has 0 aliphatic heterocycles. The van der Waals surface area contributed by atoms with Gasteiger partial charge in [0.1, 0.15) is 23.3 Å². The third kappa shape index (κ3) is 5.29. The first-order chi connectivity index (χ1) is 14.0. The second-order valence-electron chi connectivity index (χ2n) is 6.33. The summed E-state index contributed by atoms with van der Waals surface area (Å²) in [7, 11) is 1.01. The summed E-state index contributed by atoms with van der Waals surface area (Å²) in [5.74, 6) is 0.758. The van der Waals surface area contributed by atoms with Crippen molar-refractivity contribution in [3.8, 4) is 11.5 Å². The van der Waals surface area contributed by atoms with Gasteiger partial charge in [0.05, 0.1) is 26.9 Å². The zero-order chi connectivity index (χ0) is 20.8. The number of rotatable bonds is 9. The predicted octanol–water partition coefficient (Wildman–Crippen LogP) is 1.66. The Labute approximate surface area is 168 Å². The van der Waals surface area contributed by atoms with Crippen molar-refractivity contribution in [2.24, 2.45) is 0 Å². The van der Waals surface area contributed by atoms with Gasteiger partial charge in [-0.1, -0.05) is 18.2 Å². The van der Waals surface area contributed by atoms with Gasteiger partial charge >= 0.3 is 7.32 Å². The molecule has 0 unspecified atom stereocenters. The molecule has 9 heteroatoms. The molecule has 0 radical (unpaired) electrons. The van der Waals surface area contributed by atoms with Gasteiger partial charge in [-0.15, -0.1) is 0 Å². The first kappa shape index (κ1) is 20.7. The van der Waals surface area contributed by atoms with Crippen LogP contribution in [-0.4, -0.2) is 43.7 Å². The van der Waals surface area contributed by atoms with Crippen LogP contribution in [-0.2, 0) is 22.3 Å². The van der Waals surface area contributed by atoms with E-state index in [9.17, 15) is 14.8 Å². The van der Waals surface area contributed by atoms with Crippen LogP contribution in [0.2, 0.25) is 0 Å². The molecule has 0 bridgehead atoms. The molecule has 29 heavy (non-hydrogen) atoms. The summed E-state index contributed by atoms with van der Waals surface area (Å²) in [6, 6.07) is 12.6. The lowest BCUT2D eigenvalue weighted by Gasteiger charge is -2.19. The topological polar surface area (TPSA) is 110 Å². The largest absolute Gasteiger partial charge is 0.635 e. The number of hydrogen-bond acceptors (Lipinski definition) is 7. The SMILES string of the molecule is COc1ccc(OC)c(CC(=O)N[C@@H](Cc2coc3ccccc23)OB(O)O)c1. The zero-order valence-corrected chi connectivity index (χ0v) is 16.1. The van der Waals surface area contributed by atoms with Crippen molar-refractivity contribution in [3.05, 3.63) is 59.9 Å². The van der Waals surface area contributed by atoms with Gasteiger partial charge in [0.15, 0.2) is 0 Å². The van der Waals surface area contributed by atoms with Crippen LogP contribution >= 0.6 is 0 Å². The lowest BCUT2D eigenvalue weighted by atomic mass is 10.1. The quantitative estimate of drug-likeness (QED) is 0.371. The maximum Gasteiger partial charge on any atom is 0.635 e. The van der Waals surface area contributed by atoms with Gasteiger partial charge in [0, 0.05) is 22.9 Å². The maximum atomic E-state index is 12.6. The van der Waals surface area contributed by atoms with Crippen molar-refractivity contribution < 1.29 is 33.4 Å². The van der Waals surface area contributed by atoms with Gasteiger partial charge in [-0.05, 0) is 24.3 Å². The van der Waals surface area contributed by atoms with Gasteiger partial charge in [-0.3, -0.25) is 4.79 Å². The number of para-hydroxylation sites is 1. The minimum absolute atomic E-state index is 0.00606. The van der Waals surface area contributed by atoms with Crippen molar-refractivity contribution in [3.63, 3.8) is 0 Å². The normalized spacial score (nSPS) is 11.9. The van der Waals surface area contributed by atoms with Crippen molar-refractivity contribution in [2.75, 3.05) is 14.2 Å². The highest BCUT2D eigenvalue weighted by molar-refractivity contribution is 6.32. The summed E-state index contributed by atoms with van der Waals surface area (Å²) in [4.78, 5) is 12.6. The molecule has 3 N–H and O–H groups in total. The Kier molecular flexibility index (Phi) is 6.76. The van der Waals surface area contributed by atoms with E-state index in [2.05, 4.69) is 5.32 Å². The van der Waals surface area contributed by atoms with Gasteiger partial charge in [0.2, 0.25) is 5.91 Å². The van der Waals surface area contributed by atoms with Crippen molar-refractivity contribution in [1.82, 2.24) is 5.32 Å². The summed E-state index contributed by atoms with van der Waals surface area (Å²) in [5, 5.41) is 22.0. The van der Waals surface area contributed by atoms with E-state index in [1.165, 1.54) is 14.2 Å². The lowest BCUT2D eigenvalue weighted by Crippen LogP contribution is -2.43. The second-order valence-corrected chi connectivity index (χ2v) is 6.33. The Morgan fingerprint density at radius 3 is 2.66 bits per heavy atom. The molecule has 0 saturated heterocycles. The Bertz CT molecular complexity index is 972. The number of ether oxygens (including phenoxy) is 2. The smallest absolute Gasteiger partial charge is 0.497 e. The fraction of sp³-hybridized carbons (Fsp3) is 0.250. The van der Waals surface area contributed by atoms with E-state index in [1.54, 1.807) is 24.5 Å². The highest BCUT2D eigenvalue weighted by atomic mass is 16.6. The summed E-state index contributed by atoms with van der Waals surface area (Å²) < 4.78 is 21.0. The third-order valence-electron chi connectivity index (χ3n) is 4.41. The average Bonchev–Trinajstić information content (AvgIpc) is 3.10. The van der Waals surface area contributed by atoms with Crippen LogP contribution < -0.4 is 14.8 Å². The summed E-state index contributed by atoms with van der Waals surface area (Å²) in [6.07, 6.45) is 0.769. The van der Waals surface area contributed by atoms with Crippen molar-refractivity contribution >= 4 is 24.2 Å². The molecule has 1 amide bonds. The predicted molar refractivity (Wildman–Crippen MR) is 106 cm³/mol. The van der Waals surface area contributed by atoms with Crippen LogP contribution in [0.4, 0.5) is 0 Å². The molecule has 0 aliphatic rings. The Balaban J connectivity index is 1.74. The van der Waals surface area contributed by atoms with Crippen LogP contribution in [0.1, 0.15) is 11.1 Å². The highest BCUT2D eigenvalue weighted by Gasteiger charge is 2.23. The number of amides is 1. The van der Waals surface area contributed by atoms with Gasteiger partial charge in [-0.2, -0.15) is 0 Å². The molecule has 0 spiro atoms. The summed E-state index contributed by atoms with van der Waals surface area (Å²) >= 11 is 0. The number of benzene rings is 2. The van der Waals surface area contributed by atoms with E-state index < -0.39 is 13.5 Å². The van der Waals surface area contributed by atoms with Crippen molar-refractivity contribution in [2.45, 2.75) is 19.1 Å². The van der Waals surface area contributed by atoms with Crippen LogP contribution in [0.25, 0.3) is 11.0 Å². The number of carbonyl (C=O) groups is 1. The van der Waals surface area contributed by atoms with E-state index in [4.69, 9.17) is 18.5 Å². The van der Waals surface area contributed by atoms with Gasteiger partial charge in [-0.25, -0.2) is 0 Å². The maximum absolute atomic E-state index is 12.6. The fourth-order valence-corrected chi connectivity index (χ4v) is 3.09. The Morgan fingerprint density at radius 1 is 1.14 bits per heavy atom. The van der Waals surface area contributed by atoms with E-state index in [-0.39, 0.29) is 18.7 Å². The molecule has 1 aromatic heterocycles. The fourth-order valence-electron chi connectivity index (χ4n) is 3.09. The molecule has 3 rings (SSSR count). The molecular formula is C20H22BNO7. The first-order valence-corrected chi connectivity index (χ1v) is 8.97. The monoisotopic (exact) mass is 399 g/mol. The van der Waals surface area contributed by atoms with E-state index in [0.29, 0.717) is 22.6 Å². The molecule has 8 nitrogen and oxygen atoms in total. The summed E-state index contributed by atoms with van der Waals surface area (Å²) in [6.45, 7) is 0. The highest BCUT2D eigenvalue weighted by Crippen LogP contribution is 2.25. The number of fused-ring (bicyclic) bond motifs is 1. The molecule has 0 fully saturated rings. The number of nitrogens with one attached hydrogen (secondary N) is 1. The Hall–Kier alpha value is -3.01. The van der Waals surface area contributed by atoms with Crippen molar-refractivity contribution in [1.29, 1.82) is 0 Å². The molecule has 0 aliphatic carbocycles. The molecule has 0 saturated carbocycles. The number of carbonyl (C=O) groups excluding carboxylic acids is 1. The molecule has 1 heterocycles. The average molecular weight is 399 g/mol. The molecular weight excluding hydrogens is 377 g/mol. The first-order valence-electron chi connectivity index (χ1n) is 8.97. The summed E-state index contributed by atoms with van der Waals surface area (Å²) in [5.41, 5.74) is 2.09. The zero-order valence-electron chi connectivity index (χ0n) is 16.1. The molecule has 2 aromatic carbocycles. The minimum atomic E-state index is -2.04. The van der Waals surface area contributed by atoms with E-state index >= 15 is 0 Å². The second kappa shape index (κ2) is 9.46. The number of furan rings is 1. The molecule has 1 atom stereocenters.